The highest BCUT2D eigenvalue weighted by Gasteiger charge is 2.26. The number of aryl methyl sites for hydroxylation is 1. The van der Waals surface area contributed by atoms with Crippen molar-refractivity contribution in [2.45, 2.75) is 42.4 Å². The lowest BCUT2D eigenvalue weighted by Gasteiger charge is -2.08. The maximum atomic E-state index is 12.3. The molecule has 0 saturated heterocycles. The van der Waals surface area contributed by atoms with Crippen LogP contribution in [0.5, 0.6) is 0 Å². The second kappa shape index (κ2) is 5.27. The van der Waals surface area contributed by atoms with E-state index in [4.69, 9.17) is 9.63 Å². The lowest BCUT2D eigenvalue weighted by Crippen LogP contribution is -2.09. The molecule has 3 rings (SSSR count). The molecule has 6 nitrogen and oxygen atoms in total. The first-order valence-corrected chi connectivity index (χ1v) is 8.87. The highest BCUT2D eigenvalue weighted by atomic mass is 32.2. The van der Waals surface area contributed by atoms with Gasteiger partial charge in [-0.05, 0) is 19.3 Å². The Morgan fingerprint density at radius 3 is 2.90 bits per heavy atom. The van der Waals surface area contributed by atoms with Gasteiger partial charge in [0, 0.05) is 17.4 Å². The molecule has 0 saturated carbocycles. The van der Waals surface area contributed by atoms with E-state index in [-0.39, 0.29) is 16.7 Å². The number of nitrogens with zero attached hydrogens (tertiary/aromatic N) is 2. The Hall–Kier alpha value is -1.25. The zero-order valence-electron chi connectivity index (χ0n) is 10.7. The van der Waals surface area contributed by atoms with E-state index in [0.717, 1.165) is 48.3 Å². The minimum absolute atomic E-state index is 0.0223. The van der Waals surface area contributed by atoms with Crippen molar-refractivity contribution in [1.29, 1.82) is 0 Å². The van der Waals surface area contributed by atoms with Crippen LogP contribution in [0.25, 0.3) is 0 Å². The number of hydrogen-bond donors (Lipinski definition) is 1. The molecule has 0 amide bonds. The van der Waals surface area contributed by atoms with Crippen molar-refractivity contribution >= 4 is 21.2 Å². The smallest absolute Gasteiger partial charge is 0.211 e. The van der Waals surface area contributed by atoms with Crippen LogP contribution in [0.4, 0.5) is 0 Å². The number of aliphatic hydroxyl groups excluding tert-OH is 1. The highest BCUT2D eigenvalue weighted by Crippen LogP contribution is 2.27. The molecule has 1 N–H and O–H groups in total. The van der Waals surface area contributed by atoms with Gasteiger partial charge in [0.25, 0.3) is 0 Å². The molecule has 0 fully saturated rings. The zero-order chi connectivity index (χ0) is 14.2. The third-order valence-corrected chi connectivity index (χ3v) is 6.33. The second-order valence-corrected chi connectivity index (χ2v) is 7.78. The van der Waals surface area contributed by atoms with Crippen molar-refractivity contribution < 1.29 is 18.0 Å². The summed E-state index contributed by atoms with van der Waals surface area (Å²) in [6, 6.07) is 0. The van der Waals surface area contributed by atoms with Gasteiger partial charge in [-0.25, -0.2) is 13.4 Å². The summed E-state index contributed by atoms with van der Waals surface area (Å²) in [4.78, 5) is 3.92. The van der Waals surface area contributed by atoms with Crippen LogP contribution in [-0.2, 0) is 35.0 Å². The van der Waals surface area contributed by atoms with Crippen LogP contribution in [0.2, 0.25) is 0 Å². The number of aromatic nitrogens is 2. The van der Waals surface area contributed by atoms with E-state index in [1.54, 1.807) is 5.38 Å². The third kappa shape index (κ3) is 2.50. The Balaban J connectivity index is 1.88. The minimum Gasteiger partial charge on any atom is -0.390 e. The maximum Gasteiger partial charge on any atom is 0.211 e. The number of sulfone groups is 1. The molecule has 2 aromatic rings. The van der Waals surface area contributed by atoms with E-state index in [2.05, 4.69) is 10.1 Å². The Kier molecular flexibility index (Phi) is 3.61. The van der Waals surface area contributed by atoms with Crippen LogP contribution in [0, 0.1) is 0 Å². The van der Waals surface area contributed by atoms with E-state index in [1.807, 2.05) is 0 Å². The third-order valence-electron chi connectivity index (χ3n) is 3.32. The van der Waals surface area contributed by atoms with Crippen molar-refractivity contribution in [2.24, 2.45) is 0 Å². The van der Waals surface area contributed by atoms with Gasteiger partial charge in [-0.15, -0.1) is 11.3 Å². The van der Waals surface area contributed by atoms with Gasteiger partial charge in [-0.2, -0.15) is 0 Å². The van der Waals surface area contributed by atoms with Crippen molar-refractivity contribution in [3.63, 3.8) is 0 Å². The van der Waals surface area contributed by atoms with Crippen molar-refractivity contribution in [3.8, 4) is 0 Å². The van der Waals surface area contributed by atoms with Gasteiger partial charge >= 0.3 is 0 Å². The van der Waals surface area contributed by atoms with E-state index in [9.17, 15) is 8.42 Å². The molecule has 0 unspecified atom stereocenters. The summed E-state index contributed by atoms with van der Waals surface area (Å²) in [5, 5.41) is 14.4. The van der Waals surface area contributed by atoms with Crippen LogP contribution in [-0.4, -0.2) is 23.7 Å². The molecular formula is C12H14N2O4S2. The van der Waals surface area contributed by atoms with Crippen molar-refractivity contribution in [2.75, 3.05) is 0 Å². The standard InChI is InChI=1S/C12H14N2O4S2/c15-5-8-6-19-12(13-8)20(16,17)7-10-9-3-1-2-4-11(9)18-14-10/h6,15H,1-5,7H2. The monoisotopic (exact) mass is 314 g/mol. The van der Waals surface area contributed by atoms with Gasteiger partial charge in [0.05, 0.1) is 12.3 Å². The molecule has 0 bridgehead atoms. The van der Waals surface area contributed by atoms with E-state index in [1.165, 1.54) is 0 Å². The Morgan fingerprint density at radius 1 is 1.35 bits per heavy atom. The van der Waals surface area contributed by atoms with Gasteiger partial charge in [-0.1, -0.05) is 5.16 Å². The summed E-state index contributed by atoms with van der Waals surface area (Å²) in [6.45, 7) is -0.259. The molecule has 108 valence electrons. The van der Waals surface area contributed by atoms with Gasteiger partial charge < -0.3 is 9.63 Å². The Labute approximate surface area is 120 Å². The molecule has 8 heteroatoms. The zero-order valence-corrected chi connectivity index (χ0v) is 12.3. The lowest BCUT2D eigenvalue weighted by molar-refractivity contribution is 0.277. The second-order valence-electron chi connectivity index (χ2n) is 4.76. The summed E-state index contributed by atoms with van der Waals surface area (Å²) in [5.74, 6) is 0.626. The Morgan fingerprint density at radius 2 is 2.15 bits per heavy atom. The largest absolute Gasteiger partial charge is 0.390 e. The quantitative estimate of drug-likeness (QED) is 0.918. The number of rotatable bonds is 4. The van der Waals surface area contributed by atoms with E-state index < -0.39 is 9.84 Å². The molecule has 0 spiro atoms. The predicted molar refractivity (Wildman–Crippen MR) is 72.1 cm³/mol. The predicted octanol–water partition coefficient (Wildman–Crippen LogP) is 1.48. The fourth-order valence-corrected chi connectivity index (χ4v) is 4.72. The number of aliphatic hydroxyl groups is 1. The fraction of sp³-hybridized carbons (Fsp3) is 0.500. The summed E-state index contributed by atoms with van der Waals surface area (Å²) >= 11 is 1.02. The summed E-state index contributed by atoms with van der Waals surface area (Å²) in [7, 11) is -3.53. The molecule has 0 aliphatic heterocycles. The summed E-state index contributed by atoms with van der Waals surface area (Å²) in [5.41, 5.74) is 1.81. The normalized spacial score (nSPS) is 15.2. The van der Waals surface area contributed by atoms with Crippen LogP contribution in [0.15, 0.2) is 14.2 Å². The Bertz CT molecular complexity index is 718. The molecule has 2 aromatic heterocycles. The highest BCUT2D eigenvalue weighted by molar-refractivity contribution is 7.92. The molecule has 0 radical (unpaired) electrons. The molecule has 1 aliphatic carbocycles. The SMILES string of the molecule is O=S(=O)(Cc1noc2c1CCCC2)c1nc(CO)cs1. The molecule has 0 atom stereocenters. The number of fused-ring (bicyclic) bond motifs is 1. The average Bonchev–Trinajstić information content (AvgIpc) is 3.06. The first-order chi connectivity index (χ1) is 9.60. The van der Waals surface area contributed by atoms with Crippen LogP contribution < -0.4 is 0 Å². The van der Waals surface area contributed by atoms with Crippen LogP contribution in [0.1, 0.15) is 35.6 Å². The lowest BCUT2D eigenvalue weighted by atomic mass is 9.97. The van der Waals surface area contributed by atoms with Crippen LogP contribution >= 0.6 is 11.3 Å². The minimum atomic E-state index is -3.53. The fourth-order valence-electron chi connectivity index (χ4n) is 2.31. The summed E-state index contributed by atoms with van der Waals surface area (Å²) < 4.78 is 29.8. The average molecular weight is 314 g/mol. The number of thiazole rings is 1. The van der Waals surface area contributed by atoms with E-state index in [0.29, 0.717) is 11.4 Å². The van der Waals surface area contributed by atoms with Gasteiger partial charge in [0.15, 0.2) is 0 Å². The summed E-state index contributed by atoms with van der Waals surface area (Å²) in [6.07, 6.45) is 3.74. The molecule has 20 heavy (non-hydrogen) atoms. The molecular weight excluding hydrogens is 300 g/mol. The number of hydrogen-bond acceptors (Lipinski definition) is 7. The van der Waals surface area contributed by atoms with Gasteiger partial charge in [0.2, 0.25) is 14.2 Å². The maximum absolute atomic E-state index is 12.3. The first kappa shape index (κ1) is 13.7. The topological polar surface area (TPSA) is 93.3 Å². The van der Waals surface area contributed by atoms with Crippen LogP contribution in [0.3, 0.4) is 0 Å². The molecule has 2 heterocycles. The molecule has 1 aliphatic rings. The van der Waals surface area contributed by atoms with Crippen molar-refractivity contribution in [1.82, 2.24) is 10.1 Å². The van der Waals surface area contributed by atoms with Crippen molar-refractivity contribution in [3.05, 3.63) is 28.1 Å². The van der Waals surface area contributed by atoms with E-state index >= 15 is 0 Å². The van der Waals surface area contributed by atoms with Gasteiger partial charge in [0.1, 0.15) is 17.2 Å². The first-order valence-electron chi connectivity index (χ1n) is 6.34. The molecule has 0 aromatic carbocycles. The van der Waals surface area contributed by atoms with Gasteiger partial charge in [-0.3, -0.25) is 0 Å².